The number of hydrogen-bond donors (Lipinski definition) is 0. The number of hydrogen-bond acceptors (Lipinski definition) is 0. The fourth-order valence-corrected chi connectivity index (χ4v) is 5.68. The van der Waals surface area contributed by atoms with Gasteiger partial charge in [-0.05, 0) is 52.3 Å². The summed E-state index contributed by atoms with van der Waals surface area (Å²) >= 11 is 0. The molecule has 0 radical (unpaired) electrons. The molecule has 0 heterocycles. The molecule has 0 saturated carbocycles. The van der Waals surface area contributed by atoms with Gasteiger partial charge in [0, 0.05) is 5.92 Å². The van der Waals surface area contributed by atoms with Crippen molar-refractivity contribution in [1.29, 1.82) is 0 Å². The van der Waals surface area contributed by atoms with Crippen LogP contribution in [0.25, 0.3) is 16.7 Å². The van der Waals surface area contributed by atoms with E-state index in [-0.39, 0.29) is 5.41 Å². The molecule has 3 aromatic rings. The minimum Gasteiger partial charge on any atom is -0.0839 e. The normalized spacial score (nSPS) is 24.0. The summed E-state index contributed by atoms with van der Waals surface area (Å²) in [6.45, 7) is 2.22. The second-order valence-corrected chi connectivity index (χ2v) is 7.79. The molecule has 0 N–H and O–H groups in total. The molecule has 0 saturated heterocycles. The Labute approximate surface area is 154 Å². The summed E-state index contributed by atoms with van der Waals surface area (Å²) in [6.07, 6.45) is 8.03. The van der Waals surface area contributed by atoms with Crippen molar-refractivity contribution >= 4 is 5.57 Å². The molecule has 1 spiro atoms. The first-order chi connectivity index (χ1) is 12.8. The summed E-state index contributed by atoms with van der Waals surface area (Å²) in [5.41, 5.74) is 11.5. The van der Waals surface area contributed by atoms with Crippen LogP contribution in [0.4, 0.5) is 0 Å². The lowest BCUT2D eigenvalue weighted by molar-refractivity contribution is 0.494. The van der Waals surface area contributed by atoms with Crippen molar-refractivity contribution in [2.45, 2.75) is 18.8 Å². The molecule has 6 rings (SSSR count). The van der Waals surface area contributed by atoms with Gasteiger partial charge in [-0.1, -0.05) is 90.5 Å². The van der Waals surface area contributed by atoms with Crippen LogP contribution in [0.3, 0.4) is 0 Å². The molecule has 124 valence electrons. The second-order valence-electron chi connectivity index (χ2n) is 7.79. The van der Waals surface area contributed by atoms with Gasteiger partial charge >= 0.3 is 0 Å². The summed E-state index contributed by atoms with van der Waals surface area (Å²) in [5, 5.41) is 0. The van der Waals surface area contributed by atoms with E-state index < -0.39 is 0 Å². The van der Waals surface area contributed by atoms with Crippen molar-refractivity contribution in [1.82, 2.24) is 0 Å². The molecule has 0 fully saturated rings. The van der Waals surface area contributed by atoms with E-state index in [0.29, 0.717) is 5.92 Å². The Morgan fingerprint density at radius 1 is 0.769 bits per heavy atom. The van der Waals surface area contributed by atoms with Gasteiger partial charge < -0.3 is 0 Å². The zero-order valence-corrected chi connectivity index (χ0v) is 14.9. The third-order valence-corrected chi connectivity index (χ3v) is 6.59. The van der Waals surface area contributed by atoms with Crippen molar-refractivity contribution < 1.29 is 0 Å². The lowest BCUT2D eigenvalue weighted by atomic mass is 9.65. The molecule has 0 heteroatoms. The molecule has 0 aromatic heterocycles. The number of fused-ring (bicyclic) bond motifs is 10. The molecule has 2 atom stereocenters. The van der Waals surface area contributed by atoms with Gasteiger partial charge in [0.05, 0.1) is 5.41 Å². The predicted molar refractivity (Wildman–Crippen MR) is 108 cm³/mol. The van der Waals surface area contributed by atoms with Gasteiger partial charge in [-0.25, -0.2) is 0 Å². The highest BCUT2D eigenvalue weighted by Gasteiger charge is 2.55. The van der Waals surface area contributed by atoms with E-state index >= 15 is 0 Å². The average molecular weight is 332 g/mol. The Bertz CT molecular complexity index is 1130. The lowest BCUT2D eigenvalue weighted by Crippen LogP contribution is -2.32. The Morgan fingerprint density at radius 3 is 2.31 bits per heavy atom. The zero-order chi connectivity index (χ0) is 17.3. The van der Waals surface area contributed by atoms with Crippen molar-refractivity contribution in [3.63, 3.8) is 0 Å². The standard InChI is InChI=1S/C26H20/c1-17-14-15-21-20-10-4-7-13-24(20)26(25(21)16-17)22-11-5-2-8-18(22)19-9-3-6-12-23(19)26/h2-11,13-16,23H,12H2,1H3. The zero-order valence-electron chi connectivity index (χ0n) is 14.9. The van der Waals surface area contributed by atoms with Gasteiger partial charge in [0.1, 0.15) is 0 Å². The van der Waals surface area contributed by atoms with Crippen LogP contribution in [0, 0.1) is 12.8 Å². The third kappa shape index (κ3) is 1.52. The van der Waals surface area contributed by atoms with Gasteiger partial charge in [-0.3, -0.25) is 0 Å². The van der Waals surface area contributed by atoms with E-state index in [2.05, 4.69) is 91.9 Å². The summed E-state index contributed by atoms with van der Waals surface area (Å²) in [7, 11) is 0. The van der Waals surface area contributed by atoms with Crippen molar-refractivity contribution in [3.05, 3.63) is 113 Å². The first kappa shape index (κ1) is 14.3. The van der Waals surface area contributed by atoms with Crippen LogP contribution in [0.15, 0.2) is 85.0 Å². The molecule has 3 aliphatic rings. The van der Waals surface area contributed by atoms with Gasteiger partial charge in [0.2, 0.25) is 0 Å². The Hall–Kier alpha value is -2.86. The highest BCUT2D eigenvalue weighted by molar-refractivity contribution is 5.92. The highest BCUT2D eigenvalue weighted by atomic mass is 14.6. The molecule has 0 aliphatic heterocycles. The molecule has 3 aromatic carbocycles. The largest absolute Gasteiger partial charge is 0.0839 e. The minimum absolute atomic E-state index is 0.0505. The quantitative estimate of drug-likeness (QED) is 0.454. The lowest BCUT2D eigenvalue weighted by Gasteiger charge is -2.36. The van der Waals surface area contributed by atoms with Crippen molar-refractivity contribution in [3.8, 4) is 11.1 Å². The first-order valence-corrected chi connectivity index (χ1v) is 9.49. The maximum Gasteiger partial charge on any atom is 0.0541 e. The van der Waals surface area contributed by atoms with E-state index in [4.69, 9.17) is 0 Å². The molecular weight excluding hydrogens is 312 g/mol. The van der Waals surface area contributed by atoms with Crippen molar-refractivity contribution in [2.24, 2.45) is 5.92 Å². The predicted octanol–water partition coefficient (Wildman–Crippen LogP) is 6.28. The Kier molecular flexibility index (Phi) is 2.68. The van der Waals surface area contributed by atoms with Gasteiger partial charge in [-0.2, -0.15) is 0 Å². The molecular formula is C26H20. The molecule has 0 nitrogen and oxygen atoms in total. The van der Waals surface area contributed by atoms with Gasteiger partial charge in [0.15, 0.2) is 0 Å². The SMILES string of the molecule is Cc1ccc2c(c1)C1(c3ccccc3C3=CC=CCC31)c1ccccc1-2. The molecule has 2 unspecified atom stereocenters. The fourth-order valence-electron chi connectivity index (χ4n) is 5.68. The molecule has 3 aliphatic carbocycles. The van der Waals surface area contributed by atoms with Crippen LogP contribution in [0.2, 0.25) is 0 Å². The van der Waals surface area contributed by atoms with E-state index in [1.54, 1.807) is 0 Å². The monoisotopic (exact) mass is 332 g/mol. The van der Waals surface area contributed by atoms with Crippen LogP contribution < -0.4 is 0 Å². The minimum atomic E-state index is -0.0505. The van der Waals surface area contributed by atoms with E-state index in [9.17, 15) is 0 Å². The van der Waals surface area contributed by atoms with Crippen molar-refractivity contribution in [2.75, 3.05) is 0 Å². The third-order valence-electron chi connectivity index (χ3n) is 6.59. The van der Waals surface area contributed by atoms with Crippen LogP contribution in [-0.2, 0) is 5.41 Å². The Balaban J connectivity index is 1.82. The summed E-state index contributed by atoms with van der Waals surface area (Å²) in [5.74, 6) is 0.481. The van der Waals surface area contributed by atoms with Crippen LogP contribution in [-0.4, -0.2) is 0 Å². The summed E-state index contributed by atoms with van der Waals surface area (Å²) in [4.78, 5) is 0. The fraction of sp³-hybridized carbons (Fsp3) is 0.154. The number of aryl methyl sites for hydroxylation is 1. The van der Waals surface area contributed by atoms with E-state index in [1.165, 1.54) is 44.5 Å². The van der Waals surface area contributed by atoms with E-state index in [0.717, 1.165) is 6.42 Å². The summed E-state index contributed by atoms with van der Waals surface area (Å²) in [6, 6.07) is 25.2. The van der Waals surface area contributed by atoms with Gasteiger partial charge in [0.25, 0.3) is 0 Å². The van der Waals surface area contributed by atoms with Crippen LogP contribution >= 0.6 is 0 Å². The molecule has 0 amide bonds. The molecule has 0 bridgehead atoms. The van der Waals surface area contributed by atoms with Gasteiger partial charge in [-0.15, -0.1) is 0 Å². The molecule has 26 heavy (non-hydrogen) atoms. The topological polar surface area (TPSA) is 0 Å². The van der Waals surface area contributed by atoms with Crippen LogP contribution in [0.1, 0.15) is 34.2 Å². The maximum absolute atomic E-state index is 2.44. The Morgan fingerprint density at radius 2 is 1.46 bits per heavy atom. The van der Waals surface area contributed by atoms with Crippen LogP contribution in [0.5, 0.6) is 0 Å². The summed E-state index contributed by atoms with van der Waals surface area (Å²) < 4.78 is 0. The second kappa shape index (κ2) is 4.86. The first-order valence-electron chi connectivity index (χ1n) is 9.49. The number of rotatable bonds is 0. The smallest absolute Gasteiger partial charge is 0.0541 e. The number of benzene rings is 3. The number of allylic oxidation sites excluding steroid dienone is 4. The van der Waals surface area contributed by atoms with E-state index in [1.807, 2.05) is 0 Å². The highest BCUT2D eigenvalue weighted by Crippen LogP contribution is 2.65. The average Bonchev–Trinajstić information content (AvgIpc) is 3.15. The maximum atomic E-state index is 2.44.